The Morgan fingerprint density at radius 2 is 1.89 bits per heavy atom. The van der Waals surface area contributed by atoms with Crippen LogP contribution in [0.25, 0.3) is 16.7 Å². The van der Waals surface area contributed by atoms with Gasteiger partial charge in [-0.15, -0.1) is 0 Å². The number of pyridine rings is 2. The number of nitrogens with one attached hydrogen (secondary N) is 3. The fourth-order valence-electron chi connectivity index (χ4n) is 5.09. The van der Waals surface area contributed by atoms with E-state index in [2.05, 4.69) is 25.8 Å². The minimum atomic E-state index is -0.844. The van der Waals surface area contributed by atoms with E-state index >= 15 is 4.39 Å². The molecule has 44 heavy (non-hydrogen) atoms. The number of amides is 1. The van der Waals surface area contributed by atoms with Gasteiger partial charge in [-0.3, -0.25) is 24.0 Å². The van der Waals surface area contributed by atoms with E-state index in [4.69, 9.17) is 4.74 Å². The van der Waals surface area contributed by atoms with Gasteiger partial charge in [-0.05, 0) is 62.2 Å². The summed E-state index contributed by atoms with van der Waals surface area (Å²) in [5.74, 6) is -1.91. The summed E-state index contributed by atoms with van der Waals surface area (Å²) in [4.78, 5) is 43.8. The van der Waals surface area contributed by atoms with E-state index in [1.165, 1.54) is 59.3 Å². The van der Waals surface area contributed by atoms with Crippen LogP contribution >= 0.6 is 0 Å². The molecule has 0 spiro atoms. The molecular weight excluding hydrogens is 574 g/mol. The molecule has 2 aromatic carbocycles. The molecule has 224 valence electrons. The molecule has 6 rings (SSSR count). The van der Waals surface area contributed by atoms with Crippen molar-refractivity contribution in [2.45, 2.75) is 32.2 Å². The fraction of sp³-hybridized carbons (Fsp3) is 0.194. The quantitative estimate of drug-likeness (QED) is 0.199. The van der Waals surface area contributed by atoms with Crippen molar-refractivity contribution in [3.63, 3.8) is 0 Å². The van der Waals surface area contributed by atoms with Crippen molar-refractivity contribution in [1.29, 1.82) is 0 Å². The van der Waals surface area contributed by atoms with Crippen LogP contribution in [0.2, 0.25) is 0 Å². The lowest BCUT2D eigenvalue weighted by atomic mass is 9.92. The molecule has 5 aromatic rings. The lowest BCUT2D eigenvalue weighted by molar-refractivity contribution is 0.0971. The van der Waals surface area contributed by atoms with Crippen LogP contribution in [0.3, 0.4) is 0 Å². The van der Waals surface area contributed by atoms with Crippen LogP contribution < -0.4 is 20.9 Å². The number of hydrogen-bond acceptors (Lipinski definition) is 8. The number of aliphatic hydroxyl groups is 1. The summed E-state index contributed by atoms with van der Waals surface area (Å²) >= 11 is 0. The van der Waals surface area contributed by atoms with Crippen LogP contribution in [0.4, 0.5) is 20.3 Å². The summed E-state index contributed by atoms with van der Waals surface area (Å²) < 4.78 is 36.0. The maximum atomic E-state index is 15.2. The first-order valence-corrected chi connectivity index (χ1v) is 13.8. The average molecular weight is 601 g/mol. The molecule has 0 bridgehead atoms. The number of H-pyrrole nitrogens is 1. The van der Waals surface area contributed by atoms with E-state index in [1.54, 1.807) is 6.92 Å². The highest BCUT2D eigenvalue weighted by molar-refractivity contribution is 6.07. The van der Waals surface area contributed by atoms with Gasteiger partial charge in [0.2, 0.25) is 0 Å². The number of aromatic amines is 1. The Morgan fingerprint density at radius 1 is 1.09 bits per heavy atom. The van der Waals surface area contributed by atoms with Gasteiger partial charge in [0.15, 0.2) is 28.8 Å². The number of aromatic nitrogens is 4. The zero-order valence-corrected chi connectivity index (χ0v) is 23.4. The summed E-state index contributed by atoms with van der Waals surface area (Å²) in [6.07, 6.45) is 2.70. The number of benzene rings is 2. The highest BCUT2D eigenvalue weighted by Gasteiger charge is 2.26. The number of ketones is 1. The molecule has 11 nitrogen and oxygen atoms in total. The predicted octanol–water partition coefficient (Wildman–Crippen LogP) is 4.74. The second-order valence-corrected chi connectivity index (χ2v) is 10.3. The van der Waals surface area contributed by atoms with Gasteiger partial charge in [0.1, 0.15) is 22.5 Å². The van der Waals surface area contributed by atoms with Gasteiger partial charge in [0, 0.05) is 53.4 Å². The van der Waals surface area contributed by atoms with E-state index < -0.39 is 23.1 Å². The number of fused-ring (bicyclic) bond motifs is 2. The smallest absolute Gasteiger partial charge is 0.268 e. The molecule has 4 N–H and O–H groups in total. The van der Waals surface area contributed by atoms with Crippen molar-refractivity contribution in [3.8, 4) is 17.2 Å². The van der Waals surface area contributed by atoms with Gasteiger partial charge in [-0.1, -0.05) is 0 Å². The third-order valence-corrected chi connectivity index (χ3v) is 7.24. The molecule has 0 fully saturated rings. The molecule has 0 saturated heterocycles. The normalized spacial score (nSPS) is 13.4. The van der Waals surface area contributed by atoms with E-state index in [-0.39, 0.29) is 53.2 Å². The minimum Gasteiger partial charge on any atom is -0.453 e. The maximum Gasteiger partial charge on any atom is 0.268 e. The van der Waals surface area contributed by atoms with Crippen molar-refractivity contribution in [3.05, 3.63) is 99.6 Å². The Hall–Kier alpha value is -5.43. The first kappa shape index (κ1) is 28.7. The van der Waals surface area contributed by atoms with Gasteiger partial charge in [0.05, 0.1) is 6.61 Å². The average Bonchev–Trinajstić information content (AvgIpc) is 3.42. The van der Waals surface area contributed by atoms with Crippen molar-refractivity contribution < 1.29 is 28.2 Å². The van der Waals surface area contributed by atoms with Crippen LogP contribution in [0.15, 0.2) is 65.6 Å². The van der Waals surface area contributed by atoms with Gasteiger partial charge in [0.25, 0.3) is 11.5 Å². The standard InChI is InChI=1S/C31H26F2N6O5/c1-16(15-40)35-29-27-26(11-12-34-28(27)37-38-29)44-25-10-7-18(13-22(25)33)36-30(42)21-14-20-23(3-2-4-24(20)41)39(31(21)43)19-8-5-17(32)6-9-19/h5-14,16,40H,2-4,15H2,1H3,(H,36,42)(H2,34,35,37,38)/t16-/m1/s1. The molecule has 0 saturated carbocycles. The monoisotopic (exact) mass is 600 g/mol. The topological polar surface area (TPSA) is 151 Å². The van der Waals surface area contributed by atoms with Crippen LogP contribution in [0.1, 0.15) is 46.2 Å². The number of carbonyl (C=O) groups excluding carboxylic acids is 2. The van der Waals surface area contributed by atoms with Crippen molar-refractivity contribution in [2.24, 2.45) is 0 Å². The van der Waals surface area contributed by atoms with Gasteiger partial charge >= 0.3 is 0 Å². The molecule has 13 heteroatoms. The lowest BCUT2D eigenvalue weighted by Crippen LogP contribution is -2.33. The van der Waals surface area contributed by atoms with Crippen LogP contribution in [-0.4, -0.2) is 49.2 Å². The Kier molecular flexibility index (Phi) is 7.62. The second-order valence-electron chi connectivity index (χ2n) is 10.3. The number of halogens is 2. The van der Waals surface area contributed by atoms with Crippen LogP contribution in [0.5, 0.6) is 11.5 Å². The highest BCUT2D eigenvalue weighted by Crippen LogP contribution is 2.35. The minimum absolute atomic E-state index is 0.0407. The van der Waals surface area contributed by atoms with E-state index in [9.17, 15) is 23.9 Å². The first-order chi connectivity index (χ1) is 21.2. The van der Waals surface area contributed by atoms with Gasteiger partial charge in [-0.25, -0.2) is 13.8 Å². The Balaban J connectivity index is 1.29. The number of nitrogens with zero attached hydrogens (tertiary/aromatic N) is 3. The summed E-state index contributed by atoms with van der Waals surface area (Å²) in [6, 6.07) is 11.4. The molecule has 1 amide bonds. The summed E-state index contributed by atoms with van der Waals surface area (Å²) in [6.45, 7) is 1.61. The summed E-state index contributed by atoms with van der Waals surface area (Å²) in [7, 11) is 0. The molecule has 0 radical (unpaired) electrons. The molecule has 1 atom stereocenters. The molecule has 0 unspecified atom stereocenters. The number of hydrogen-bond donors (Lipinski definition) is 4. The third-order valence-electron chi connectivity index (χ3n) is 7.24. The summed E-state index contributed by atoms with van der Waals surface area (Å²) in [5.41, 5.74) is 0.425. The van der Waals surface area contributed by atoms with E-state index in [1.807, 2.05) is 0 Å². The van der Waals surface area contributed by atoms with Crippen molar-refractivity contribution in [2.75, 3.05) is 17.2 Å². The first-order valence-electron chi connectivity index (χ1n) is 13.8. The number of anilines is 2. The van der Waals surface area contributed by atoms with Crippen LogP contribution in [-0.2, 0) is 6.42 Å². The zero-order valence-electron chi connectivity index (χ0n) is 23.4. The number of ether oxygens (including phenoxy) is 1. The number of aliphatic hydroxyl groups excluding tert-OH is 1. The fourth-order valence-corrected chi connectivity index (χ4v) is 5.09. The van der Waals surface area contributed by atoms with E-state index in [0.717, 1.165) is 6.07 Å². The van der Waals surface area contributed by atoms with Crippen molar-refractivity contribution >= 4 is 34.2 Å². The molecule has 3 aromatic heterocycles. The van der Waals surface area contributed by atoms with Crippen LogP contribution in [0, 0.1) is 11.6 Å². The molecule has 3 heterocycles. The number of carbonyl (C=O) groups is 2. The Labute approximate surface area is 248 Å². The third kappa shape index (κ3) is 5.40. The van der Waals surface area contributed by atoms with Crippen molar-refractivity contribution in [1.82, 2.24) is 19.7 Å². The maximum absolute atomic E-state index is 15.2. The number of Topliss-reactive ketones (excluding diaryl/α,β-unsaturated/α-hetero) is 1. The number of rotatable bonds is 8. The van der Waals surface area contributed by atoms with E-state index in [0.29, 0.717) is 41.1 Å². The predicted molar refractivity (Wildman–Crippen MR) is 158 cm³/mol. The molecule has 1 aliphatic rings. The largest absolute Gasteiger partial charge is 0.453 e. The summed E-state index contributed by atoms with van der Waals surface area (Å²) in [5, 5.41) is 22.3. The Morgan fingerprint density at radius 3 is 2.64 bits per heavy atom. The lowest BCUT2D eigenvalue weighted by Gasteiger charge is -2.21. The molecule has 1 aliphatic carbocycles. The highest BCUT2D eigenvalue weighted by atomic mass is 19.1. The molecule has 0 aliphatic heterocycles. The zero-order chi connectivity index (χ0) is 31.0. The second kappa shape index (κ2) is 11.7. The SMILES string of the molecule is C[C@H](CO)Nc1n[nH]c2nccc(Oc3ccc(NC(=O)c4cc5c(n(-c6ccc(F)cc6)c4=O)CCCC5=O)cc3F)c12. The molecular formula is C31H26F2N6O5. The Bertz CT molecular complexity index is 1970. The van der Waals surface area contributed by atoms with Gasteiger partial charge < -0.3 is 20.5 Å². The van der Waals surface area contributed by atoms with Gasteiger partial charge in [-0.2, -0.15) is 5.10 Å².